The number of carbonyl (C=O) groups is 1. The molecule has 0 spiro atoms. The molecule has 2 unspecified atom stereocenters. The van der Waals surface area contributed by atoms with Crippen LogP contribution in [0.3, 0.4) is 0 Å². The molecule has 1 fully saturated rings. The summed E-state index contributed by atoms with van der Waals surface area (Å²) >= 11 is 9.48. The lowest BCUT2D eigenvalue weighted by Crippen LogP contribution is -2.15. The summed E-state index contributed by atoms with van der Waals surface area (Å²) in [5.74, 6) is 0.777. The van der Waals surface area contributed by atoms with Crippen molar-refractivity contribution in [2.24, 2.45) is 0 Å². The average Bonchev–Trinajstić information content (AvgIpc) is 3.35. The number of rotatable bonds is 3. The molecule has 1 saturated carbocycles. The molecule has 0 saturated heterocycles. The first-order valence-electron chi connectivity index (χ1n) is 9.06. The van der Waals surface area contributed by atoms with Crippen molar-refractivity contribution >= 4 is 39.1 Å². The molecule has 1 aromatic heterocycles. The molecule has 5 rings (SSSR count). The first-order chi connectivity index (χ1) is 13.1. The number of halogens is 2. The predicted molar refractivity (Wildman–Crippen MR) is 110 cm³/mol. The van der Waals surface area contributed by atoms with Gasteiger partial charge < -0.3 is 5.32 Å². The van der Waals surface area contributed by atoms with Gasteiger partial charge in [-0.15, -0.1) is 0 Å². The molecule has 1 amide bonds. The van der Waals surface area contributed by atoms with Gasteiger partial charge in [0.1, 0.15) is 0 Å². The van der Waals surface area contributed by atoms with E-state index in [0.717, 1.165) is 34.3 Å². The lowest BCUT2D eigenvalue weighted by Gasteiger charge is -2.14. The van der Waals surface area contributed by atoms with Gasteiger partial charge in [-0.05, 0) is 67.6 Å². The van der Waals surface area contributed by atoms with Crippen molar-refractivity contribution in [1.29, 1.82) is 0 Å². The van der Waals surface area contributed by atoms with E-state index in [1.807, 2.05) is 53.2 Å². The van der Waals surface area contributed by atoms with E-state index in [2.05, 4.69) is 21.2 Å². The Morgan fingerprint density at radius 2 is 1.93 bits per heavy atom. The van der Waals surface area contributed by atoms with Crippen LogP contribution >= 0.6 is 27.5 Å². The van der Waals surface area contributed by atoms with Crippen LogP contribution in [0.4, 0.5) is 5.69 Å². The highest BCUT2D eigenvalue weighted by Crippen LogP contribution is 2.54. The summed E-state index contributed by atoms with van der Waals surface area (Å²) in [6.45, 7) is 0. The number of hydrogen-bond donors (Lipinski definition) is 1. The van der Waals surface area contributed by atoms with Crippen molar-refractivity contribution in [3.8, 4) is 5.69 Å². The zero-order valence-corrected chi connectivity index (χ0v) is 16.8. The molecule has 1 heterocycles. The molecule has 2 aliphatic rings. The van der Waals surface area contributed by atoms with E-state index >= 15 is 0 Å². The minimum atomic E-state index is -0.149. The molecule has 6 heteroatoms. The minimum absolute atomic E-state index is 0.149. The zero-order valence-electron chi connectivity index (χ0n) is 14.5. The predicted octanol–water partition coefficient (Wildman–Crippen LogP) is 5.91. The van der Waals surface area contributed by atoms with Crippen LogP contribution in [0.2, 0.25) is 5.02 Å². The second-order valence-corrected chi connectivity index (χ2v) is 8.56. The standard InChI is InChI=1S/C21H17BrClN3O/c22-14-2-1-3-16(11-14)24-21(27)19-18-12-4-5-13(10-12)20(18)26(25-19)17-8-6-15(23)7-9-17/h1-3,6-9,11-13H,4-5,10H2,(H,24,27). The van der Waals surface area contributed by atoms with Gasteiger partial charge in [-0.2, -0.15) is 5.10 Å². The summed E-state index contributed by atoms with van der Waals surface area (Å²) in [5, 5.41) is 8.43. The first-order valence-corrected chi connectivity index (χ1v) is 10.2. The summed E-state index contributed by atoms with van der Waals surface area (Å²) in [6, 6.07) is 15.2. The molecule has 2 atom stereocenters. The highest BCUT2D eigenvalue weighted by Gasteiger charge is 2.44. The number of anilines is 1. The number of nitrogens with zero attached hydrogens (tertiary/aromatic N) is 2. The maximum Gasteiger partial charge on any atom is 0.276 e. The molecule has 2 aliphatic carbocycles. The Morgan fingerprint density at radius 3 is 2.70 bits per heavy atom. The highest BCUT2D eigenvalue weighted by atomic mass is 79.9. The van der Waals surface area contributed by atoms with Gasteiger partial charge >= 0.3 is 0 Å². The SMILES string of the molecule is O=C(Nc1cccc(Br)c1)c1nn(-c2ccc(Cl)cc2)c2c1C1CCC2C1. The quantitative estimate of drug-likeness (QED) is 0.548. The third kappa shape index (κ3) is 2.89. The van der Waals surface area contributed by atoms with Crippen LogP contribution in [0, 0.1) is 0 Å². The Bertz CT molecular complexity index is 1040. The summed E-state index contributed by atoms with van der Waals surface area (Å²) in [7, 11) is 0. The van der Waals surface area contributed by atoms with Crippen molar-refractivity contribution in [2.75, 3.05) is 5.32 Å². The number of benzene rings is 2. The number of aromatic nitrogens is 2. The van der Waals surface area contributed by atoms with Crippen molar-refractivity contribution in [3.05, 3.63) is 75.0 Å². The normalized spacial score (nSPS) is 19.9. The fraction of sp³-hybridized carbons (Fsp3) is 0.238. The lowest BCUT2D eigenvalue weighted by molar-refractivity contribution is 0.102. The largest absolute Gasteiger partial charge is 0.321 e. The maximum absolute atomic E-state index is 13.0. The summed E-state index contributed by atoms with van der Waals surface area (Å²) < 4.78 is 2.88. The minimum Gasteiger partial charge on any atom is -0.321 e. The molecular formula is C21H17BrClN3O. The monoisotopic (exact) mass is 441 g/mol. The van der Waals surface area contributed by atoms with Gasteiger partial charge in [0, 0.05) is 26.7 Å². The third-order valence-electron chi connectivity index (χ3n) is 5.56. The van der Waals surface area contributed by atoms with E-state index in [1.54, 1.807) is 0 Å². The topological polar surface area (TPSA) is 46.9 Å². The van der Waals surface area contributed by atoms with Gasteiger partial charge in [0.2, 0.25) is 0 Å². The van der Waals surface area contributed by atoms with Gasteiger partial charge in [0.15, 0.2) is 5.69 Å². The Labute approximate surface area is 170 Å². The molecular weight excluding hydrogens is 426 g/mol. The van der Waals surface area contributed by atoms with E-state index in [9.17, 15) is 4.79 Å². The summed E-state index contributed by atoms with van der Waals surface area (Å²) in [5.41, 5.74) is 4.59. The van der Waals surface area contributed by atoms with Gasteiger partial charge in [0.05, 0.1) is 11.4 Å². The van der Waals surface area contributed by atoms with Crippen LogP contribution in [-0.4, -0.2) is 15.7 Å². The number of fused-ring (bicyclic) bond motifs is 5. The van der Waals surface area contributed by atoms with Gasteiger partial charge in [-0.25, -0.2) is 4.68 Å². The van der Waals surface area contributed by atoms with E-state index in [1.165, 1.54) is 12.1 Å². The van der Waals surface area contributed by atoms with Gasteiger partial charge in [-0.3, -0.25) is 4.79 Å². The number of carbonyl (C=O) groups excluding carboxylic acids is 1. The van der Waals surface area contributed by atoms with E-state index in [0.29, 0.717) is 22.6 Å². The number of nitrogens with one attached hydrogen (secondary N) is 1. The Balaban J connectivity index is 1.57. The van der Waals surface area contributed by atoms with Gasteiger partial charge in [-0.1, -0.05) is 33.6 Å². The molecule has 3 aromatic rings. The van der Waals surface area contributed by atoms with Crippen LogP contribution in [0.25, 0.3) is 5.69 Å². The molecule has 1 N–H and O–H groups in total. The van der Waals surface area contributed by atoms with Crippen molar-refractivity contribution in [3.63, 3.8) is 0 Å². The molecule has 2 bridgehead atoms. The molecule has 2 aromatic carbocycles. The van der Waals surface area contributed by atoms with Crippen LogP contribution in [0.15, 0.2) is 53.0 Å². The molecule has 136 valence electrons. The molecule has 0 aliphatic heterocycles. The summed E-state index contributed by atoms with van der Waals surface area (Å²) in [6.07, 6.45) is 3.43. The van der Waals surface area contributed by atoms with Crippen molar-refractivity contribution in [1.82, 2.24) is 9.78 Å². The fourth-order valence-corrected chi connectivity index (χ4v) is 4.96. The van der Waals surface area contributed by atoms with Gasteiger partial charge in [0.25, 0.3) is 5.91 Å². The maximum atomic E-state index is 13.0. The third-order valence-corrected chi connectivity index (χ3v) is 6.30. The summed E-state index contributed by atoms with van der Waals surface area (Å²) in [4.78, 5) is 13.0. The highest BCUT2D eigenvalue weighted by molar-refractivity contribution is 9.10. The van der Waals surface area contributed by atoms with Crippen molar-refractivity contribution in [2.45, 2.75) is 31.1 Å². The van der Waals surface area contributed by atoms with Crippen LogP contribution in [-0.2, 0) is 0 Å². The smallest absolute Gasteiger partial charge is 0.276 e. The molecule has 4 nitrogen and oxygen atoms in total. The van der Waals surface area contributed by atoms with E-state index in [-0.39, 0.29) is 5.91 Å². The fourth-order valence-electron chi connectivity index (χ4n) is 4.43. The van der Waals surface area contributed by atoms with Crippen molar-refractivity contribution < 1.29 is 4.79 Å². The van der Waals surface area contributed by atoms with E-state index in [4.69, 9.17) is 16.7 Å². The second-order valence-electron chi connectivity index (χ2n) is 7.21. The molecule has 0 radical (unpaired) electrons. The second kappa shape index (κ2) is 6.50. The number of hydrogen-bond acceptors (Lipinski definition) is 2. The molecule has 27 heavy (non-hydrogen) atoms. The number of amides is 1. The average molecular weight is 443 g/mol. The van der Waals surface area contributed by atoms with Crippen LogP contribution < -0.4 is 5.32 Å². The lowest BCUT2D eigenvalue weighted by atomic mass is 9.95. The Kier molecular flexibility index (Phi) is 4.10. The Morgan fingerprint density at radius 1 is 1.15 bits per heavy atom. The van der Waals surface area contributed by atoms with Crippen LogP contribution in [0.1, 0.15) is 52.8 Å². The first kappa shape index (κ1) is 17.0. The van der Waals surface area contributed by atoms with E-state index < -0.39 is 0 Å². The Hall–Kier alpha value is -2.11. The zero-order chi connectivity index (χ0) is 18.5. The van der Waals surface area contributed by atoms with Crippen LogP contribution in [0.5, 0.6) is 0 Å².